The predicted molar refractivity (Wildman–Crippen MR) is 126 cm³/mol. The van der Waals surface area contributed by atoms with Crippen molar-refractivity contribution in [1.29, 1.82) is 0 Å². The lowest BCUT2D eigenvalue weighted by atomic mass is 10.1. The van der Waals surface area contributed by atoms with E-state index in [1.54, 1.807) is 4.90 Å². The number of ether oxygens (including phenoxy) is 1. The van der Waals surface area contributed by atoms with Gasteiger partial charge in [-0.15, -0.1) is 11.3 Å². The third-order valence-electron chi connectivity index (χ3n) is 5.60. The molecule has 0 radical (unpaired) electrons. The first-order valence-electron chi connectivity index (χ1n) is 11.0. The van der Waals surface area contributed by atoms with Gasteiger partial charge < -0.3 is 15.0 Å². The molecule has 0 aliphatic carbocycles. The lowest BCUT2D eigenvalue weighted by Gasteiger charge is -2.36. The van der Waals surface area contributed by atoms with E-state index in [2.05, 4.69) is 10.3 Å². The van der Waals surface area contributed by atoms with Gasteiger partial charge in [-0.1, -0.05) is 42.5 Å². The maximum absolute atomic E-state index is 13.3. The number of piperazine rings is 1. The number of para-hydroxylation sites is 1. The molecular weight excluding hydrogens is 443 g/mol. The minimum Gasteiger partial charge on any atom is -0.445 e. The molecule has 0 saturated carbocycles. The molecule has 174 valence electrons. The normalized spacial score (nSPS) is 15.4. The molecule has 1 aliphatic rings. The van der Waals surface area contributed by atoms with Crippen molar-refractivity contribution in [2.24, 2.45) is 0 Å². The highest BCUT2D eigenvalue weighted by Gasteiger charge is 2.30. The number of amides is 2. The molecule has 9 heteroatoms. The van der Waals surface area contributed by atoms with Crippen molar-refractivity contribution in [2.45, 2.75) is 19.1 Å². The van der Waals surface area contributed by atoms with Crippen LogP contribution in [-0.4, -0.2) is 72.2 Å². The summed E-state index contributed by atoms with van der Waals surface area (Å²) in [6.07, 6.45) is -0.363. The van der Waals surface area contributed by atoms with Gasteiger partial charge in [-0.25, -0.2) is 14.2 Å². The lowest BCUT2D eigenvalue weighted by Crippen LogP contribution is -2.55. The monoisotopic (exact) mass is 470 g/mol. The van der Waals surface area contributed by atoms with Crippen LogP contribution in [0, 0.1) is 0 Å². The van der Waals surface area contributed by atoms with Crippen molar-refractivity contribution in [1.82, 2.24) is 20.1 Å². The maximum Gasteiger partial charge on any atom is 0.408 e. The number of nitrogens with one attached hydrogen (secondary N) is 1. The second-order valence-corrected chi connectivity index (χ2v) is 9.01. The van der Waals surface area contributed by atoms with Crippen LogP contribution in [0.25, 0.3) is 10.2 Å². The number of fused-ring (bicyclic) bond motifs is 1. The first-order valence-corrected chi connectivity index (χ1v) is 11.8. The number of aromatic nitrogens is 1. The summed E-state index contributed by atoms with van der Waals surface area (Å²) in [5, 5.41) is 3.53. The molecule has 1 saturated heterocycles. The Balaban J connectivity index is 1.43. The Bertz CT molecular complexity index is 1040. The molecule has 3 aromatic rings. The highest BCUT2D eigenvalue weighted by molar-refractivity contribution is 7.18. The molecule has 4 rings (SSSR count). The summed E-state index contributed by atoms with van der Waals surface area (Å²) < 4.78 is 19.0. The zero-order valence-electron chi connectivity index (χ0n) is 18.3. The van der Waals surface area contributed by atoms with E-state index in [9.17, 15) is 14.0 Å². The number of rotatable bonds is 8. The van der Waals surface area contributed by atoms with Crippen molar-refractivity contribution in [3.8, 4) is 0 Å². The fourth-order valence-electron chi connectivity index (χ4n) is 3.82. The van der Waals surface area contributed by atoms with Gasteiger partial charge in [0.2, 0.25) is 5.91 Å². The molecule has 0 unspecified atom stereocenters. The fraction of sp³-hybridized carbons (Fsp3) is 0.375. The third-order valence-corrected chi connectivity index (χ3v) is 6.66. The summed E-state index contributed by atoms with van der Waals surface area (Å²) >= 11 is 1.51. The Hall–Kier alpha value is -3.04. The molecule has 1 N–H and O–H groups in total. The van der Waals surface area contributed by atoms with E-state index in [4.69, 9.17) is 4.74 Å². The highest BCUT2D eigenvalue weighted by Crippen LogP contribution is 2.23. The Morgan fingerprint density at radius 2 is 1.79 bits per heavy atom. The van der Waals surface area contributed by atoms with Gasteiger partial charge in [0.05, 0.1) is 15.2 Å². The van der Waals surface area contributed by atoms with Crippen molar-refractivity contribution in [3.05, 3.63) is 65.2 Å². The molecule has 1 fully saturated rings. The zero-order valence-corrected chi connectivity index (χ0v) is 19.1. The first-order chi connectivity index (χ1) is 16.1. The van der Waals surface area contributed by atoms with Crippen molar-refractivity contribution in [2.75, 3.05) is 39.4 Å². The molecule has 1 atom stereocenters. The van der Waals surface area contributed by atoms with Gasteiger partial charge in [-0.05, 0) is 17.7 Å². The number of nitrogens with zero attached hydrogens (tertiary/aromatic N) is 3. The summed E-state index contributed by atoms with van der Waals surface area (Å²) in [6.45, 7) is 2.32. The van der Waals surface area contributed by atoms with Crippen LogP contribution < -0.4 is 5.32 Å². The summed E-state index contributed by atoms with van der Waals surface area (Å²) in [4.78, 5) is 34.2. The van der Waals surface area contributed by atoms with Crippen LogP contribution in [0.4, 0.5) is 9.18 Å². The van der Waals surface area contributed by atoms with Crippen LogP contribution >= 0.6 is 11.3 Å². The van der Waals surface area contributed by atoms with Crippen molar-refractivity contribution in [3.63, 3.8) is 0 Å². The van der Waals surface area contributed by atoms with E-state index in [1.165, 1.54) is 11.3 Å². The third kappa shape index (κ3) is 6.27. The Morgan fingerprint density at radius 1 is 1.06 bits per heavy atom. The second-order valence-electron chi connectivity index (χ2n) is 7.89. The number of benzene rings is 2. The fourth-order valence-corrected chi connectivity index (χ4v) is 4.83. The number of thiazole rings is 1. The van der Waals surface area contributed by atoms with Gasteiger partial charge in [-0.3, -0.25) is 9.69 Å². The number of hydrogen-bond donors (Lipinski definition) is 1. The van der Waals surface area contributed by atoms with Crippen molar-refractivity contribution >= 4 is 33.6 Å². The average molecular weight is 471 g/mol. The van der Waals surface area contributed by atoms with E-state index in [-0.39, 0.29) is 18.9 Å². The van der Waals surface area contributed by atoms with Crippen LogP contribution in [0.3, 0.4) is 0 Å². The van der Waals surface area contributed by atoms with E-state index >= 15 is 0 Å². The summed E-state index contributed by atoms with van der Waals surface area (Å²) in [6, 6.07) is 16.4. The predicted octanol–water partition coefficient (Wildman–Crippen LogP) is 3.25. The molecule has 0 spiro atoms. The highest BCUT2D eigenvalue weighted by atomic mass is 32.1. The van der Waals surface area contributed by atoms with Crippen molar-refractivity contribution < 1.29 is 18.7 Å². The molecular formula is C24H27FN4O3S. The Morgan fingerprint density at radius 3 is 2.52 bits per heavy atom. The van der Waals surface area contributed by atoms with Crippen LogP contribution in [0.5, 0.6) is 0 Å². The SMILES string of the molecule is O=C(N[C@@H](Cc1nc2ccccc2s1)C(=O)N1CCN(CCF)CC1)OCc1ccccc1. The summed E-state index contributed by atoms with van der Waals surface area (Å²) in [5.41, 5.74) is 1.74. The van der Waals surface area contributed by atoms with E-state index in [0.717, 1.165) is 20.8 Å². The topological polar surface area (TPSA) is 74.8 Å². The van der Waals surface area contributed by atoms with Crippen LogP contribution in [0.1, 0.15) is 10.6 Å². The number of carbonyl (C=O) groups excluding carboxylic acids is 2. The standard InChI is InChI=1S/C24H27FN4O3S/c25-10-11-28-12-14-29(15-13-28)23(30)20(16-22-26-19-8-4-5-9-21(19)33-22)27-24(31)32-17-18-6-2-1-3-7-18/h1-9,20H,10-17H2,(H,27,31)/t20-/m0/s1. The molecule has 0 bridgehead atoms. The molecule has 7 nitrogen and oxygen atoms in total. The minimum absolute atomic E-state index is 0.122. The van der Waals surface area contributed by atoms with Gasteiger partial charge in [-0.2, -0.15) is 0 Å². The molecule has 33 heavy (non-hydrogen) atoms. The van der Waals surface area contributed by atoms with E-state index < -0.39 is 18.8 Å². The largest absolute Gasteiger partial charge is 0.445 e. The van der Waals surface area contributed by atoms with Gasteiger partial charge in [0.15, 0.2) is 0 Å². The van der Waals surface area contributed by atoms with Gasteiger partial charge in [0.1, 0.15) is 19.3 Å². The molecule has 1 aromatic heterocycles. The molecule has 2 heterocycles. The number of carbonyl (C=O) groups is 2. The number of alkyl halides is 1. The smallest absolute Gasteiger partial charge is 0.408 e. The first kappa shape index (κ1) is 23.1. The summed E-state index contributed by atoms with van der Waals surface area (Å²) in [7, 11) is 0. The van der Waals surface area contributed by atoms with E-state index in [1.807, 2.05) is 59.5 Å². The van der Waals surface area contributed by atoms with Gasteiger partial charge in [0, 0.05) is 39.1 Å². The minimum atomic E-state index is -0.790. The number of halogens is 1. The maximum atomic E-state index is 13.3. The lowest BCUT2D eigenvalue weighted by molar-refractivity contribution is -0.135. The summed E-state index contributed by atoms with van der Waals surface area (Å²) in [5.74, 6) is -0.175. The van der Waals surface area contributed by atoms with Crippen LogP contribution in [0.15, 0.2) is 54.6 Å². The van der Waals surface area contributed by atoms with E-state index in [0.29, 0.717) is 32.7 Å². The molecule has 2 aromatic carbocycles. The molecule has 2 amide bonds. The average Bonchev–Trinajstić information content (AvgIpc) is 3.26. The number of hydrogen-bond acceptors (Lipinski definition) is 6. The van der Waals surface area contributed by atoms with Crippen LogP contribution in [-0.2, 0) is 22.6 Å². The molecule has 1 aliphatic heterocycles. The van der Waals surface area contributed by atoms with Gasteiger partial charge in [0.25, 0.3) is 0 Å². The second kappa shape index (κ2) is 11.2. The van der Waals surface area contributed by atoms with Crippen LogP contribution in [0.2, 0.25) is 0 Å². The Kier molecular flexibility index (Phi) is 7.85. The van der Waals surface area contributed by atoms with Gasteiger partial charge >= 0.3 is 6.09 Å². The quantitative estimate of drug-likeness (QED) is 0.547. The Labute approximate surface area is 196 Å². The zero-order chi connectivity index (χ0) is 23.0. The number of alkyl carbamates (subject to hydrolysis) is 1.